The summed E-state index contributed by atoms with van der Waals surface area (Å²) in [5.41, 5.74) is -0.901. The maximum absolute atomic E-state index is 11.5. The second kappa shape index (κ2) is 5.95. The van der Waals surface area contributed by atoms with Crippen molar-refractivity contribution < 1.29 is 15.0 Å². The molecule has 1 amide bonds. The number of rotatable bonds is 6. The first-order valence-electron chi connectivity index (χ1n) is 4.76. The first kappa shape index (κ1) is 13.4. The van der Waals surface area contributed by atoms with Crippen molar-refractivity contribution in [3.63, 3.8) is 0 Å². The van der Waals surface area contributed by atoms with Gasteiger partial charge in [-0.25, -0.2) is 0 Å². The summed E-state index contributed by atoms with van der Waals surface area (Å²) in [7, 11) is 1.68. The van der Waals surface area contributed by atoms with Crippen molar-refractivity contribution in [3.8, 4) is 0 Å². The number of aliphatic hydroxyl groups excluding tert-OH is 2. The molecule has 0 bridgehead atoms. The largest absolute Gasteiger partial charge is 0.394 e. The van der Waals surface area contributed by atoms with Gasteiger partial charge in [0, 0.05) is 0 Å². The number of nitrogens with one attached hydrogen (secondary N) is 2. The molecule has 0 aromatic rings. The Morgan fingerprint density at radius 1 is 1.43 bits per heavy atom. The number of carbonyl (C=O) groups excluding carboxylic acids is 1. The predicted molar refractivity (Wildman–Crippen MR) is 53.9 cm³/mol. The molecule has 0 heterocycles. The van der Waals surface area contributed by atoms with Crippen LogP contribution in [0.15, 0.2) is 0 Å². The Morgan fingerprint density at radius 2 is 1.93 bits per heavy atom. The molecule has 1 unspecified atom stereocenters. The van der Waals surface area contributed by atoms with Gasteiger partial charge in [0.1, 0.15) is 0 Å². The second-order valence-electron chi connectivity index (χ2n) is 3.45. The molecule has 14 heavy (non-hydrogen) atoms. The molecule has 0 aromatic heterocycles. The average Bonchev–Trinajstić information content (AvgIpc) is 2.24. The highest BCUT2D eigenvalue weighted by Crippen LogP contribution is 2.08. The van der Waals surface area contributed by atoms with E-state index in [2.05, 4.69) is 10.6 Å². The van der Waals surface area contributed by atoms with Crippen LogP contribution in [-0.4, -0.2) is 48.0 Å². The molecule has 0 spiro atoms. The predicted octanol–water partition coefficient (Wildman–Crippen LogP) is -1.16. The van der Waals surface area contributed by atoms with Crippen molar-refractivity contribution >= 4 is 5.91 Å². The first-order chi connectivity index (χ1) is 6.55. The van der Waals surface area contributed by atoms with Crippen LogP contribution < -0.4 is 10.6 Å². The van der Waals surface area contributed by atoms with Crippen LogP contribution in [0.2, 0.25) is 0 Å². The molecule has 5 heteroatoms. The van der Waals surface area contributed by atoms with E-state index in [4.69, 9.17) is 10.2 Å². The topological polar surface area (TPSA) is 81.6 Å². The van der Waals surface area contributed by atoms with Crippen LogP contribution >= 0.6 is 0 Å². The van der Waals surface area contributed by atoms with Gasteiger partial charge in [-0.05, 0) is 20.4 Å². The SMILES string of the molecule is CCC(CO)(CO)NC(=O)C(C)NC. The number of likely N-dealkylation sites (N-methyl/N-ethyl adjacent to an activating group) is 1. The van der Waals surface area contributed by atoms with E-state index in [-0.39, 0.29) is 25.2 Å². The van der Waals surface area contributed by atoms with E-state index >= 15 is 0 Å². The molecule has 0 radical (unpaired) electrons. The molecule has 0 fully saturated rings. The van der Waals surface area contributed by atoms with E-state index < -0.39 is 5.54 Å². The highest BCUT2D eigenvalue weighted by Gasteiger charge is 2.29. The lowest BCUT2D eigenvalue weighted by molar-refractivity contribution is -0.126. The van der Waals surface area contributed by atoms with Gasteiger partial charge in [-0.15, -0.1) is 0 Å². The first-order valence-corrected chi connectivity index (χ1v) is 4.76. The molecule has 0 aliphatic rings. The molecule has 4 N–H and O–H groups in total. The van der Waals surface area contributed by atoms with Gasteiger partial charge in [0.25, 0.3) is 0 Å². The van der Waals surface area contributed by atoms with Crippen LogP contribution in [0.5, 0.6) is 0 Å². The Kier molecular flexibility index (Phi) is 5.68. The summed E-state index contributed by atoms with van der Waals surface area (Å²) < 4.78 is 0. The van der Waals surface area contributed by atoms with E-state index in [9.17, 15) is 4.79 Å². The van der Waals surface area contributed by atoms with E-state index in [0.717, 1.165) is 0 Å². The average molecular weight is 204 g/mol. The number of hydrogen-bond donors (Lipinski definition) is 4. The lowest BCUT2D eigenvalue weighted by atomic mass is 9.98. The van der Waals surface area contributed by atoms with E-state index in [1.54, 1.807) is 20.9 Å². The zero-order valence-corrected chi connectivity index (χ0v) is 9.00. The third-order valence-corrected chi connectivity index (χ3v) is 2.50. The van der Waals surface area contributed by atoms with Gasteiger partial charge >= 0.3 is 0 Å². The number of amides is 1. The summed E-state index contributed by atoms with van der Waals surface area (Å²) in [6.45, 7) is 2.99. The molecule has 0 saturated carbocycles. The van der Waals surface area contributed by atoms with Crippen molar-refractivity contribution in [2.24, 2.45) is 0 Å². The van der Waals surface area contributed by atoms with Gasteiger partial charge in [-0.2, -0.15) is 0 Å². The quantitative estimate of drug-likeness (QED) is 0.440. The van der Waals surface area contributed by atoms with Crippen molar-refractivity contribution in [1.29, 1.82) is 0 Å². The highest BCUT2D eigenvalue weighted by atomic mass is 16.3. The molecule has 0 aliphatic carbocycles. The number of aliphatic hydroxyl groups is 2. The van der Waals surface area contributed by atoms with Crippen LogP contribution in [-0.2, 0) is 4.79 Å². The van der Waals surface area contributed by atoms with Gasteiger partial charge < -0.3 is 20.8 Å². The molecule has 84 valence electrons. The van der Waals surface area contributed by atoms with E-state index in [0.29, 0.717) is 6.42 Å². The van der Waals surface area contributed by atoms with Gasteiger partial charge in [-0.1, -0.05) is 6.92 Å². The van der Waals surface area contributed by atoms with E-state index in [1.807, 2.05) is 0 Å². The molecule has 1 atom stereocenters. The lowest BCUT2D eigenvalue weighted by Crippen LogP contribution is -2.57. The third kappa shape index (κ3) is 3.25. The van der Waals surface area contributed by atoms with Crippen LogP contribution in [0, 0.1) is 0 Å². The Balaban J connectivity index is 4.37. The molecule has 0 rings (SSSR count). The lowest BCUT2D eigenvalue weighted by Gasteiger charge is -2.30. The summed E-state index contributed by atoms with van der Waals surface area (Å²) in [6, 6.07) is -0.334. The van der Waals surface area contributed by atoms with Gasteiger partial charge in [-0.3, -0.25) is 4.79 Å². The maximum atomic E-state index is 11.5. The summed E-state index contributed by atoms with van der Waals surface area (Å²) in [5, 5.41) is 23.6. The fraction of sp³-hybridized carbons (Fsp3) is 0.889. The maximum Gasteiger partial charge on any atom is 0.237 e. The second-order valence-corrected chi connectivity index (χ2v) is 3.45. The molecule has 0 saturated heterocycles. The van der Waals surface area contributed by atoms with Crippen molar-refractivity contribution in [2.45, 2.75) is 31.8 Å². The van der Waals surface area contributed by atoms with Gasteiger partial charge in [0.2, 0.25) is 5.91 Å². The number of hydrogen-bond acceptors (Lipinski definition) is 4. The Bertz CT molecular complexity index is 173. The molecule has 0 aromatic carbocycles. The van der Waals surface area contributed by atoms with Crippen LogP contribution in [0.3, 0.4) is 0 Å². The molecular weight excluding hydrogens is 184 g/mol. The van der Waals surface area contributed by atoms with Crippen LogP contribution in [0.25, 0.3) is 0 Å². The Labute approximate surface area is 84.5 Å². The van der Waals surface area contributed by atoms with Crippen LogP contribution in [0.4, 0.5) is 0 Å². The Hall–Kier alpha value is -0.650. The minimum Gasteiger partial charge on any atom is -0.394 e. The molecule has 0 aliphatic heterocycles. The summed E-state index contributed by atoms with van der Waals surface area (Å²) in [5.74, 6) is -0.225. The summed E-state index contributed by atoms with van der Waals surface area (Å²) in [6.07, 6.45) is 0.488. The Morgan fingerprint density at radius 3 is 2.21 bits per heavy atom. The minimum atomic E-state index is -0.901. The van der Waals surface area contributed by atoms with E-state index in [1.165, 1.54) is 0 Å². The van der Waals surface area contributed by atoms with Gasteiger partial charge in [0.05, 0.1) is 24.8 Å². The normalized spacial score (nSPS) is 13.8. The van der Waals surface area contributed by atoms with Crippen molar-refractivity contribution in [2.75, 3.05) is 20.3 Å². The molecule has 5 nitrogen and oxygen atoms in total. The van der Waals surface area contributed by atoms with Gasteiger partial charge in [0.15, 0.2) is 0 Å². The fourth-order valence-corrected chi connectivity index (χ4v) is 0.942. The zero-order chi connectivity index (χ0) is 11.2. The van der Waals surface area contributed by atoms with Crippen molar-refractivity contribution in [3.05, 3.63) is 0 Å². The summed E-state index contributed by atoms with van der Waals surface area (Å²) >= 11 is 0. The third-order valence-electron chi connectivity index (χ3n) is 2.50. The number of carbonyl (C=O) groups is 1. The van der Waals surface area contributed by atoms with Crippen LogP contribution in [0.1, 0.15) is 20.3 Å². The minimum absolute atomic E-state index is 0.225. The zero-order valence-electron chi connectivity index (χ0n) is 9.00. The summed E-state index contributed by atoms with van der Waals surface area (Å²) in [4.78, 5) is 11.5. The fourth-order valence-electron chi connectivity index (χ4n) is 0.942. The monoisotopic (exact) mass is 204 g/mol. The highest BCUT2D eigenvalue weighted by molar-refractivity contribution is 5.82. The van der Waals surface area contributed by atoms with Crippen molar-refractivity contribution in [1.82, 2.24) is 10.6 Å². The standard InChI is InChI=1S/C9H20N2O3/c1-4-9(5-12,6-13)11-8(14)7(2)10-3/h7,10,12-13H,4-6H2,1-3H3,(H,11,14). The smallest absolute Gasteiger partial charge is 0.237 e. The molecular formula is C9H20N2O3.